The van der Waals surface area contributed by atoms with Gasteiger partial charge in [-0.2, -0.15) is 0 Å². The molecule has 1 aliphatic rings. The molecule has 0 unspecified atom stereocenters. The molecule has 0 radical (unpaired) electrons. The van der Waals surface area contributed by atoms with Gasteiger partial charge in [0.1, 0.15) is 17.8 Å². The molecule has 0 spiro atoms. The number of rotatable bonds is 4. The molecule has 1 saturated heterocycles. The Morgan fingerprint density at radius 1 is 1.06 bits per heavy atom. The minimum absolute atomic E-state index is 0.0328. The Morgan fingerprint density at radius 3 is 2.65 bits per heavy atom. The highest BCUT2D eigenvalue weighted by Gasteiger charge is 2.18. The zero-order valence-electron chi connectivity index (χ0n) is 16.6. The Kier molecular flexibility index (Phi) is 5.28. The first-order valence-electron chi connectivity index (χ1n) is 10.0. The highest BCUT2D eigenvalue weighted by Crippen LogP contribution is 2.29. The third kappa shape index (κ3) is 4.10. The van der Waals surface area contributed by atoms with Gasteiger partial charge in [0, 0.05) is 35.1 Å². The second-order valence-corrected chi connectivity index (χ2v) is 7.72. The van der Waals surface area contributed by atoms with Crippen LogP contribution in [0.3, 0.4) is 0 Å². The summed E-state index contributed by atoms with van der Waals surface area (Å²) in [7, 11) is 0. The Balaban J connectivity index is 1.41. The number of halogens is 1. The maximum Gasteiger partial charge on any atom is 0.254 e. The van der Waals surface area contributed by atoms with E-state index >= 15 is 0 Å². The van der Waals surface area contributed by atoms with Crippen molar-refractivity contribution in [3.05, 3.63) is 71.5 Å². The number of nitrogens with one attached hydrogen (secondary N) is 2. The molecule has 7 nitrogen and oxygen atoms in total. The van der Waals surface area contributed by atoms with Crippen molar-refractivity contribution in [1.29, 1.82) is 0 Å². The summed E-state index contributed by atoms with van der Waals surface area (Å²) in [5.41, 5.74) is 4.11. The van der Waals surface area contributed by atoms with Crippen molar-refractivity contribution in [2.24, 2.45) is 0 Å². The Hall–Kier alpha value is -3.42. The van der Waals surface area contributed by atoms with E-state index in [2.05, 4.69) is 20.3 Å². The minimum atomic E-state index is 0.0328. The lowest BCUT2D eigenvalue weighted by molar-refractivity contribution is 0.0303. The Labute approximate surface area is 184 Å². The minimum Gasteiger partial charge on any atom is -0.378 e. The van der Waals surface area contributed by atoms with Crippen molar-refractivity contribution in [2.75, 3.05) is 31.6 Å². The van der Waals surface area contributed by atoms with Gasteiger partial charge in [0.15, 0.2) is 0 Å². The number of fused-ring (bicyclic) bond motifs is 1. The van der Waals surface area contributed by atoms with Crippen molar-refractivity contribution in [3.63, 3.8) is 0 Å². The second kappa shape index (κ2) is 8.37. The second-order valence-electron chi connectivity index (χ2n) is 7.28. The predicted octanol–water partition coefficient (Wildman–Crippen LogP) is 4.49. The van der Waals surface area contributed by atoms with Crippen LogP contribution in [-0.2, 0) is 4.74 Å². The molecular formula is C23H20ClN5O2. The van der Waals surface area contributed by atoms with Crippen LogP contribution in [0.2, 0.25) is 5.02 Å². The number of aromatic amines is 1. The Bertz CT molecular complexity index is 1230. The third-order valence-electron chi connectivity index (χ3n) is 5.25. The van der Waals surface area contributed by atoms with Gasteiger partial charge in [0.25, 0.3) is 5.91 Å². The maximum absolute atomic E-state index is 12.7. The molecule has 0 aliphatic carbocycles. The van der Waals surface area contributed by atoms with E-state index in [9.17, 15) is 4.79 Å². The maximum atomic E-state index is 12.7. The van der Waals surface area contributed by atoms with Gasteiger partial charge < -0.3 is 19.9 Å². The van der Waals surface area contributed by atoms with E-state index in [1.807, 2.05) is 59.5 Å². The highest BCUT2D eigenvalue weighted by molar-refractivity contribution is 6.30. The van der Waals surface area contributed by atoms with Crippen LogP contribution in [-0.4, -0.2) is 52.1 Å². The van der Waals surface area contributed by atoms with Gasteiger partial charge in [0.05, 0.1) is 18.6 Å². The average Bonchev–Trinajstić information content (AvgIpc) is 3.25. The van der Waals surface area contributed by atoms with Crippen LogP contribution in [0.4, 0.5) is 11.5 Å². The molecule has 8 heteroatoms. The topological polar surface area (TPSA) is 83.1 Å². The molecule has 5 rings (SSSR count). The van der Waals surface area contributed by atoms with Crippen molar-refractivity contribution >= 4 is 40.0 Å². The number of morpholine rings is 1. The van der Waals surface area contributed by atoms with Gasteiger partial charge in [-0.05, 0) is 42.0 Å². The molecule has 1 amide bonds. The number of benzene rings is 2. The van der Waals surface area contributed by atoms with Crippen LogP contribution in [0.25, 0.3) is 22.3 Å². The van der Waals surface area contributed by atoms with Gasteiger partial charge >= 0.3 is 0 Å². The summed E-state index contributed by atoms with van der Waals surface area (Å²) in [4.78, 5) is 26.5. The molecule has 31 heavy (non-hydrogen) atoms. The zero-order valence-corrected chi connectivity index (χ0v) is 17.4. The van der Waals surface area contributed by atoms with Crippen molar-refractivity contribution in [3.8, 4) is 11.3 Å². The number of aromatic nitrogens is 3. The van der Waals surface area contributed by atoms with Crippen LogP contribution in [0.1, 0.15) is 10.4 Å². The smallest absolute Gasteiger partial charge is 0.254 e. The van der Waals surface area contributed by atoms with Gasteiger partial charge in [-0.15, -0.1) is 0 Å². The molecular weight excluding hydrogens is 414 g/mol. The molecule has 3 heterocycles. The summed E-state index contributed by atoms with van der Waals surface area (Å²) in [5.74, 6) is 0.722. The quantitative estimate of drug-likeness (QED) is 0.495. The first-order chi connectivity index (χ1) is 15.2. The average molecular weight is 434 g/mol. The summed E-state index contributed by atoms with van der Waals surface area (Å²) in [5, 5.41) is 4.81. The molecule has 2 aromatic heterocycles. The van der Waals surface area contributed by atoms with E-state index in [-0.39, 0.29) is 5.91 Å². The van der Waals surface area contributed by atoms with Crippen LogP contribution < -0.4 is 5.32 Å². The van der Waals surface area contributed by atoms with E-state index in [0.717, 1.165) is 28.0 Å². The summed E-state index contributed by atoms with van der Waals surface area (Å²) in [6.45, 7) is 2.43. The standard InChI is InChI=1S/C23H20ClN5O2/c24-17-2-1-3-18(12-17)27-21-19-13-20(28-22(19)26-14-25-21)15-4-6-16(7-5-15)23(30)29-8-10-31-11-9-29/h1-7,12-14H,8-11H2,(H2,25,26,27,28). The van der Waals surface area contributed by atoms with Crippen molar-refractivity contribution in [1.82, 2.24) is 19.9 Å². The van der Waals surface area contributed by atoms with Crippen molar-refractivity contribution < 1.29 is 9.53 Å². The van der Waals surface area contributed by atoms with Gasteiger partial charge in [-0.1, -0.05) is 29.8 Å². The van der Waals surface area contributed by atoms with Gasteiger partial charge in [0.2, 0.25) is 0 Å². The van der Waals surface area contributed by atoms with Crippen LogP contribution >= 0.6 is 11.6 Å². The number of carbonyl (C=O) groups excluding carboxylic acids is 1. The Morgan fingerprint density at radius 2 is 1.87 bits per heavy atom. The summed E-state index contributed by atoms with van der Waals surface area (Å²) in [6.07, 6.45) is 1.51. The molecule has 4 aromatic rings. The molecule has 156 valence electrons. The number of amides is 1. The molecule has 1 aliphatic heterocycles. The van der Waals surface area contributed by atoms with Crippen molar-refractivity contribution in [2.45, 2.75) is 0 Å². The van der Waals surface area contributed by atoms with E-state index < -0.39 is 0 Å². The SMILES string of the molecule is O=C(c1ccc(-c2cc3c(Nc4cccc(Cl)c4)ncnc3[nH]2)cc1)N1CCOCC1. The lowest BCUT2D eigenvalue weighted by Gasteiger charge is -2.26. The van der Waals surface area contributed by atoms with E-state index in [1.54, 1.807) is 0 Å². The number of hydrogen-bond acceptors (Lipinski definition) is 5. The number of H-pyrrole nitrogens is 1. The number of anilines is 2. The lowest BCUT2D eigenvalue weighted by atomic mass is 10.1. The number of carbonyl (C=O) groups is 1. The van der Waals surface area contributed by atoms with E-state index in [1.165, 1.54) is 6.33 Å². The monoisotopic (exact) mass is 433 g/mol. The fraction of sp³-hybridized carbons (Fsp3) is 0.174. The molecule has 0 bridgehead atoms. The number of ether oxygens (including phenoxy) is 1. The third-order valence-corrected chi connectivity index (χ3v) is 5.49. The van der Waals surface area contributed by atoms with Gasteiger partial charge in [-0.3, -0.25) is 4.79 Å². The van der Waals surface area contributed by atoms with Gasteiger partial charge in [-0.25, -0.2) is 9.97 Å². The number of nitrogens with zero attached hydrogens (tertiary/aromatic N) is 3. The summed E-state index contributed by atoms with van der Waals surface area (Å²) < 4.78 is 5.32. The van der Waals surface area contributed by atoms with Crippen LogP contribution in [0.15, 0.2) is 60.9 Å². The zero-order chi connectivity index (χ0) is 21.2. The van der Waals surface area contributed by atoms with E-state index in [4.69, 9.17) is 16.3 Å². The van der Waals surface area contributed by atoms with Crippen LogP contribution in [0.5, 0.6) is 0 Å². The highest BCUT2D eigenvalue weighted by atomic mass is 35.5. The molecule has 2 aromatic carbocycles. The number of hydrogen-bond donors (Lipinski definition) is 2. The molecule has 1 fully saturated rings. The first-order valence-corrected chi connectivity index (χ1v) is 10.4. The first kappa shape index (κ1) is 19.5. The van der Waals surface area contributed by atoms with E-state index in [0.29, 0.717) is 42.7 Å². The lowest BCUT2D eigenvalue weighted by Crippen LogP contribution is -2.40. The summed E-state index contributed by atoms with van der Waals surface area (Å²) in [6, 6.07) is 17.1. The fourth-order valence-corrected chi connectivity index (χ4v) is 3.83. The summed E-state index contributed by atoms with van der Waals surface area (Å²) >= 11 is 6.09. The molecule has 0 atom stereocenters. The largest absolute Gasteiger partial charge is 0.378 e. The molecule has 2 N–H and O–H groups in total. The van der Waals surface area contributed by atoms with Crippen LogP contribution in [0, 0.1) is 0 Å². The fourth-order valence-electron chi connectivity index (χ4n) is 3.64. The predicted molar refractivity (Wildman–Crippen MR) is 121 cm³/mol. The normalized spacial score (nSPS) is 14.0. The molecule has 0 saturated carbocycles.